The van der Waals surface area contributed by atoms with E-state index >= 15 is 0 Å². The van der Waals surface area contributed by atoms with Gasteiger partial charge in [0, 0.05) is 33.3 Å². The van der Waals surface area contributed by atoms with Gasteiger partial charge in [-0.05, 0) is 86.3 Å². The predicted molar refractivity (Wildman–Crippen MR) is 220 cm³/mol. The first kappa shape index (κ1) is 30.0. The number of furan rings is 1. The minimum Gasteiger partial charge on any atom is -0.455 e. The van der Waals surface area contributed by atoms with Crippen molar-refractivity contribution >= 4 is 60.5 Å². The zero-order valence-electron chi connectivity index (χ0n) is 28.4. The third kappa shape index (κ3) is 5.12. The highest BCUT2D eigenvalue weighted by Gasteiger charge is 2.18. The number of benzene rings is 9. The van der Waals surface area contributed by atoms with E-state index < -0.39 is 0 Å². The van der Waals surface area contributed by atoms with E-state index in [1.54, 1.807) is 0 Å². The summed E-state index contributed by atoms with van der Waals surface area (Å²) in [4.78, 5) is 2.37. The molecule has 0 aliphatic heterocycles. The summed E-state index contributed by atoms with van der Waals surface area (Å²) in [6.07, 6.45) is 0. The maximum absolute atomic E-state index is 6.40. The summed E-state index contributed by atoms with van der Waals surface area (Å²) in [7, 11) is 0. The summed E-state index contributed by atoms with van der Waals surface area (Å²) in [5, 5.41) is 7.35. The summed E-state index contributed by atoms with van der Waals surface area (Å²) in [5.41, 5.74) is 12.0. The first-order chi connectivity index (χ1) is 25.8. The summed E-state index contributed by atoms with van der Waals surface area (Å²) in [6.45, 7) is 0. The maximum atomic E-state index is 6.40. The van der Waals surface area contributed by atoms with E-state index in [2.05, 4.69) is 193 Å². The van der Waals surface area contributed by atoms with Gasteiger partial charge in [0.05, 0.1) is 5.69 Å². The molecule has 10 aromatic rings. The Hall–Kier alpha value is -6.90. The second-order valence-electron chi connectivity index (χ2n) is 13.3. The molecule has 10 rings (SSSR count). The van der Waals surface area contributed by atoms with Crippen LogP contribution < -0.4 is 4.90 Å². The van der Waals surface area contributed by atoms with E-state index in [9.17, 15) is 0 Å². The van der Waals surface area contributed by atoms with Gasteiger partial charge in [0.25, 0.3) is 0 Å². The van der Waals surface area contributed by atoms with Crippen molar-refractivity contribution in [1.82, 2.24) is 0 Å². The Morgan fingerprint density at radius 3 is 1.73 bits per heavy atom. The quantitative estimate of drug-likeness (QED) is 0.165. The Balaban J connectivity index is 1.07. The van der Waals surface area contributed by atoms with Gasteiger partial charge in [0.1, 0.15) is 11.2 Å². The van der Waals surface area contributed by atoms with Crippen molar-refractivity contribution in [2.24, 2.45) is 0 Å². The number of anilines is 3. The fraction of sp³-hybridized carbons (Fsp3) is 0. The van der Waals surface area contributed by atoms with Gasteiger partial charge in [-0.2, -0.15) is 0 Å². The highest BCUT2D eigenvalue weighted by atomic mass is 16.3. The molecular formula is C50H33NO. The molecule has 1 heterocycles. The zero-order chi connectivity index (χ0) is 34.4. The summed E-state index contributed by atoms with van der Waals surface area (Å²) < 4.78 is 6.40. The van der Waals surface area contributed by atoms with Crippen LogP contribution in [0.4, 0.5) is 17.1 Å². The van der Waals surface area contributed by atoms with Gasteiger partial charge in [-0.1, -0.05) is 158 Å². The molecule has 0 aliphatic carbocycles. The number of para-hydroxylation sites is 3. The first-order valence-corrected chi connectivity index (χ1v) is 17.8. The summed E-state index contributed by atoms with van der Waals surface area (Å²) >= 11 is 0. The minimum atomic E-state index is 0.908. The highest BCUT2D eigenvalue weighted by Crippen LogP contribution is 2.43. The minimum absolute atomic E-state index is 0.908. The Bertz CT molecular complexity index is 2890. The summed E-state index contributed by atoms with van der Waals surface area (Å²) in [6, 6.07) is 71.7. The maximum Gasteiger partial charge on any atom is 0.143 e. The lowest BCUT2D eigenvalue weighted by atomic mass is 9.97. The van der Waals surface area contributed by atoms with Crippen LogP contribution in [0.3, 0.4) is 0 Å². The van der Waals surface area contributed by atoms with Crippen LogP contribution in [0.2, 0.25) is 0 Å². The molecule has 2 heteroatoms. The van der Waals surface area contributed by atoms with E-state index in [-0.39, 0.29) is 0 Å². The van der Waals surface area contributed by atoms with Gasteiger partial charge in [0.2, 0.25) is 0 Å². The fourth-order valence-corrected chi connectivity index (χ4v) is 7.72. The molecule has 52 heavy (non-hydrogen) atoms. The zero-order valence-corrected chi connectivity index (χ0v) is 28.4. The van der Waals surface area contributed by atoms with Crippen LogP contribution in [-0.2, 0) is 0 Å². The fourth-order valence-electron chi connectivity index (χ4n) is 7.72. The Morgan fingerprint density at radius 1 is 0.327 bits per heavy atom. The molecule has 0 amide bonds. The van der Waals surface area contributed by atoms with Crippen LogP contribution in [0.15, 0.2) is 205 Å². The molecule has 0 spiro atoms. The van der Waals surface area contributed by atoms with Gasteiger partial charge in [-0.15, -0.1) is 0 Å². The van der Waals surface area contributed by atoms with E-state index in [0.717, 1.165) is 50.1 Å². The van der Waals surface area contributed by atoms with Crippen molar-refractivity contribution in [3.8, 4) is 33.4 Å². The van der Waals surface area contributed by atoms with Crippen molar-refractivity contribution in [2.45, 2.75) is 0 Å². The van der Waals surface area contributed by atoms with Crippen LogP contribution in [0, 0.1) is 0 Å². The molecule has 0 bridgehead atoms. The van der Waals surface area contributed by atoms with Crippen LogP contribution in [0.25, 0.3) is 76.9 Å². The Morgan fingerprint density at radius 2 is 0.904 bits per heavy atom. The number of hydrogen-bond donors (Lipinski definition) is 0. The molecule has 1 aromatic heterocycles. The molecule has 0 unspecified atom stereocenters. The molecule has 0 saturated heterocycles. The van der Waals surface area contributed by atoms with Crippen LogP contribution in [0.5, 0.6) is 0 Å². The lowest BCUT2D eigenvalue weighted by Crippen LogP contribution is -2.11. The number of nitrogens with zero attached hydrogens (tertiary/aromatic N) is 1. The van der Waals surface area contributed by atoms with Crippen molar-refractivity contribution in [1.29, 1.82) is 0 Å². The number of hydrogen-bond acceptors (Lipinski definition) is 2. The second-order valence-corrected chi connectivity index (χ2v) is 13.3. The Labute approximate surface area is 302 Å². The summed E-state index contributed by atoms with van der Waals surface area (Å²) in [5.74, 6) is 0. The lowest BCUT2D eigenvalue weighted by Gasteiger charge is -2.28. The van der Waals surface area contributed by atoms with Crippen LogP contribution in [-0.4, -0.2) is 0 Å². The molecule has 0 radical (unpaired) electrons. The Kier molecular flexibility index (Phi) is 7.18. The van der Waals surface area contributed by atoms with E-state index in [4.69, 9.17) is 4.42 Å². The molecule has 0 atom stereocenters. The monoisotopic (exact) mass is 663 g/mol. The number of rotatable bonds is 6. The lowest BCUT2D eigenvalue weighted by molar-refractivity contribution is 0.670. The molecular weight excluding hydrogens is 631 g/mol. The van der Waals surface area contributed by atoms with Gasteiger partial charge >= 0.3 is 0 Å². The molecule has 0 N–H and O–H groups in total. The highest BCUT2D eigenvalue weighted by molar-refractivity contribution is 6.10. The van der Waals surface area contributed by atoms with Gasteiger partial charge in [-0.3, -0.25) is 0 Å². The third-order valence-corrected chi connectivity index (χ3v) is 10.3. The standard InChI is InChI=1S/C50H33NO/c1-2-11-35(12-3-1)44-15-6-8-19-48(44)51(41-30-25-37(26-31-41)45-17-10-18-47-46-16-7-9-20-49(46)52-50(45)47)40-28-23-34(24-29-40)38-27-32-43-39(33-38)22-21-36-13-4-5-14-42(36)43/h1-33H. The molecule has 9 aromatic carbocycles. The van der Waals surface area contributed by atoms with Gasteiger partial charge < -0.3 is 9.32 Å². The topological polar surface area (TPSA) is 16.4 Å². The molecule has 244 valence electrons. The van der Waals surface area contributed by atoms with E-state index in [0.29, 0.717) is 0 Å². The largest absolute Gasteiger partial charge is 0.455 e. The van der Waals surface area contributed by atoms with Gasteiger partial charge in [-0.25, -0.2) is 0 Å². The third-order valence-electron chi connectivity index (χ3n) is 10.3. The first-order valence-electron chi connectivity index (χ1n) is 17.8. The average molecular weight is 664 g/mol. The normalized spacial score (nSPS) is 11.5. The van der Waals surface area contributed by atoms with Crippen molar-refractivity contribution in [3.05, 3.63) is 200 Å². The molecule has 0 saturated carbocycles. The van der Waals surface area contributed by atoms with Crippen molar-refractivity contribution in [2.75, 3.05) is 4.90 Å². The van der Waals surface area contributed by atoms with Crippen molar-refractivity contribution in [3.63, 3.8) is 0 Å². The van der Waals surface area contributed by atoms with Crippen LogP contribution >= 0.6 is 0 Å². The smallest absolute Gasteiger partial charge is 0.143 e. The second kappa shape index (κ2) is 12.5. The van der Waals surface area contributed by atoms with Crippen molar-refractivity contribution < 1.29 is 4.42 Å². The molecule has 2 nitrogen and oxygen atoms in total. The molecule has 0 fully saturated rings. The predicted octanol–water partition coefficient (Wildman–Crippen LogP) is 14.4. The molecule has 0 aliphatic rings. The van der Waals surface area contributed by atoms with E-state index in [1.807, 2.05) is 12.1 Å². The van der Waals surface area contributed by atoms with Gasteiger partial charge in [0.15, 0.2) is 0 Å². The SMILES string of the molecule is c1ccc(-c2ccccc2N(c2ccc(-c3ccc4c(ccc5ccccc54)c3)cc2)c2ccc(-c3cccc4c3oc3ccccc34)cc2)cc1. The van der Waals surface area contributed by atoms with E-state index in [1.165, 1.54) is 43.8 Å². The number of fused-ring (bicyclic) bond motifs is 6. The van der Waals surface area contributed by atoms with Crippen LogP contribution in [0.1, 0.15) is 0 Å². The average Bonchev–Trinajstić information content (AvgIpc) is 3.61.